The summed E-state index contributed by atoms with van der Waals surface area (Å²) in [6.07, 6.45) is 1.67. The zero-order chi connectivity index (χ0) is 13.5. The minimum Gasteiger partial charge on any atom is -0.356 e. The molecule has 0 aliphatic heterocycles. The van der Waals surface area contributed by atoms with Crippen molar-refractivity contribution < 1.29 is 13.6 Å². The van der Waals surface area contributed by atoms with Crippen molar-refractivity contribution in [3.63, 3.8) is 0 Å². The van der Waals surface area contributed by atoms with Gasteiger partial charge < -0.3 is 5.32 Å². The molecule has 1 aromatic rings. The van der Waals surface area contributed by atoms with Crippen LogP contribution in [0.5, 0.6) is 0 Å². The number of rotatable bonds is 6. The molecule has 2 nitrogen and oxygen atoms in total. The van der Waals surface area contributed by atoms with Gasteiger partial charge in [-0.2, -0.15) is 0 Å². The van der Waals surface area contributed by atoms with Crippen molar-refractivity contribution in [3.8, 4) is 0 Å². The van der Waals surface area contributed by atoms with Crippen LogP contribution in [0, 0.1) is 11.6 Å². The molecule has 0 fully saturated rings. The highest BCUT2D eigenvalue weighted by Gasteiger charge is 2.11. The normalized spacial score (nSPS) is 12.2. The molecule has 0 radical (unpaired) electrons. The number of hydrogen-bond donors (Lipinski definition) is 1. The maximum atomic E-state index is 13.3. The van der Waals surface area contributed by atoms with E-state index in [4.69, 9.17) is 0 Å². The molecular weight excluding hydrogens is 304 g/mol. The van der Waals surface area contributed by atoms with E-state index in [1.165, 1.54) is 12.1 Å². The van der Waals surface area contributed by atoms with E-state index in [0.29, 0.717) is 11.4 Å². The molecule has 0 saturated carbocycles. The van der Waals surface area contributed by atoms with Crippen LogP contribution in [0.25, 0.3) is 0 Å². The Kier molecular flexibility index (Phi) is 6.25. The Hall–Kier alpha value is -0.970. The van der Waals surface area contributed by atoms with Crippen molar-refractivity contribution in [3.05, 3.63) is 35.4 Å². The first-order chi connectivity index (χ1) is 8.50. The highest BCUT2D eigenvalue weighted by atomic mass is 79.9. The van der Waals surface area contributed by atoms with Gasteiger partial charge in [-0.3, -0.25) is 4.79 Å². The molecule has 1 N–H and O–H groups in total. The standard InChI is InChI=1S/C13H16BrF2NO/c1-9(14)4-3-7-17-12(18)8-10-5-2-6-11(15)13(10)16/h2,5-6,9H,3-4,7-8H2,1H3,(H,17,18). The summed E-state index contributed by atoms with van der Waals surface area (Å²) in [6, 6.07) is 3.85. The van der Waals surface area contributed by atoms with Crippen LogP contribution >= 0.6 is 15.9 Å². The molecule has 0 spiro atoms. The molecule has 1 amide bonds. The largest absolute Gasteiger partial charge is 0.356 e. The molecule has 1 rings (SSSR count). The Balaban J connectivity index is 2.38. The average Bonchev–Trinajstić information content (AvgIpc) is 2.30. The molecule has 18 heavy (non-hydrogen) atoms. The third-order valence-electron chi connectivity index (χ3n) is 2.48. The quantitative estimate of drug-likeness (QED) is 0.633. The third-order valence-corrected chi connectivity index (χ3v) is 2.94. The second-order valence-electron chi connectivity index (χ2n) is 4.16. The maximum Gasteiger partial charge on any atom is 0.224 e. The van der Waals surface area contributed by atoms with E-state index in [2.05, 4.69) is 21.2 Å². The minimum absolute atomic E-state index is 0.0846. The Bertz CT molecular complexity index is 410. The Morgan fingerprint density at radius 1 is 1.44 bits per heavy atom. The van der Waals surface area contributed by atoms with E-state index in [1.807, 2.05) is 6.92 Å². The predicted octanol–water partition coefficient (Wildman–Crippen LogP) is 3.19. The third kappa shape index (κ3) is 5.12. The van der Waals surface area contributed by atoms with Gasteiger partial charge in [-0.1, -0.05) is 35.0 Å². The van der Waals surface area contributed by atoms with Gasteiger partial charge in [0.15, 0.2) is 11.6 Å². The number of carbonyl (C=O) groups excluding carboxylic acids is 1. The van der Waals surface area contributed by atoms with Crippen molar-refractivity contribution in [2.75, 3.05) is 6.54 Å². The van der Waals surface area contributed by atoms with Gasteiger partial charge in [0.2, 0.25) is 5.91 Å². The Labute approximate surface area is 114 Å². The van der Waals surface area contributed by atoms with Crippen molar-refractivity contribution in [2.45, 2.75) is 31.0 Å². The summed E-state index contributed by atoms with van der Waals surface area (Å²) in [4.78, 5) is 11.9. The molecule has 0 aromatic heterocycles. The van der Waals surface area contributed by atoms with E-state index in [1.54, 1.807) is 0 Å². The maximum absolute atomic E-state index is 13.3. The molecule has 100 valence electrons. The lowest BCUT2D eigenvalue weighted by Gasteiger charge is -2.07. The van der Waals surface area contributed by atoms with Crippen LogP contribution in [0.4, 0.5) is 8.78 Å². The van der Waals surface area contributed by atoms with Gasteiger partial charge in [0, 0.05) is 16.9 Å². The Morgan fingerprint density at radius 3 is 2.83 bits per heavy atom. The van der Waals surface area contributed by atoms with Crippen LogP contribution in [0.1, 0.15) is 25.3 Å². The number of amides is 1. The van der Waals surface area contributed by atoms with Crippen LogP contribution in [-0.2, 0) is 11.2 Å². The number of carbonyl (C=O) groups is 1. The van der Waals surface area contributed by atoms with E-state index >= 15 is 0 Å². The lowest BCUT2D eigenvalue weighted by atomic mass is 10.1. The van der Waals surface area contributed by atoms with Gasteiger partial charge in [0.05, 0.1) is 6.42 Å². The molecule has 1 aromatic carbocycles. The predicted molar refractivity (Wildman–Crippen MR) is 70.7 cm³/mol. The number of halogens is 3. The lowest BCUT2D eigenvalue weighted by Crippen LogP contribution is -2.26. The number of nitrogens with one attached hydrogen (secondary N) is 1. The summed E-state index contributed by atoms with van der Waals surface area (Å²) < 4.78 is 26.2. The highest BCUT2D eigenvalue weighted by molar-refractivity contribution is 9.09. The highest BCUT2D eigenvalue weighted by Crippen LogP contribution is 2.11. The van der Waals surface area contributed by atoms with Gasteiger partial charge in [-0.25, -0.2) is 8.78 Å². The van der Waals surface area contributed by atoms with Crippen molar-refractivity contribution in [1.29, 1.82) is 0 Å². The van der Waals surface area contributed by atoms with Gasteiger partial charge in [0.25, 0.3) is 0 Å². The number of benzene rings is 1. The van der Waals surface area contributed by atoms with Gasteiger partial charge in [-0.15, -0.1) is 0 Å². The molecule has 1 unspecified atom stereocenters. The summed E-state index contributed by atoms with van der Waals surface area (Å²) in [5.41, 5.74) is 0.0846. The fourth-order valence-electron chi connectivity index (χ4n) is 1.53. The summed E-state index contributed by atoms with van der Waals surface area (Å²) >= 11 is 3.41. The fraction of sp³-hybridized carbons (Fsp3) is 0.462. The number of hydrogen-bond acceptors (Lipinski definition) is 1. The van der Waals surface area contributed by atoms with E-state index in [-0.39, 0.29) is 17.9 Å². The second-order valence-corrected chi connectivity index (χ2v) is 5.73. The summed E-state index contributed by atoms with van der Waals surface area (Å²) in [5, 5.41) is 2.68. The fourth-order valence-corrected chi connectivity index (χ4v) is 1.86. The minimum atomic E-state index is -0.943. The van der Waals surface area contributed by atoms with Crippen molar-refractivity contribution in [1.82, 2.24) is 5.32 Å². The van der Waals surface area contributed by atoms with Crippen LogP contribution in [0.2, 0.25) is 0 Å². The van der Waals surface area contributed by atoms with Crippen molar-refractivity contribution >= 4 is 21.8 Å². The van der Waals surface area contributed by atoms with Crippen LogP contribution in [0.15, 0.2) is 18.2 Å². The van der Waals surface area contributed by atoms with Crippen LogP contribution in [0.3, 0.4) is 0 Å². The first kappa shape index (κ1) is 15.1. The zero-order valence-electron chi connectivity index (χ0n) is 10.2. The van der Waals surface area contributed by atoms with Gasteiger partial charge >= 0.3 is 0 Å². The second kappa shape index (κ2) is 7.46. The average molecular weight is 320 g/mol. The summed E-state index contributed by atoms with van der Waals surface area (Å²) in [6.45, 7) is 2.58. The van der Waals surface area contributed by atoms with Gasteiger partial charge in [0.1, 0.15) is 0 Å². The molecule has 5 heteroatoms. The first-order valence-corrected chi connectivity index (χ1v) is 6.76. The SMILES string of the molecule is CC(Br)CCCNC(=O)Cc1cccc(F)c1F. The molecule has 0 saturated heterocycles. The van der Waals surface area contributed by atoms with E-state index in [9.17, 15) is 13.6 Å². The molecule has 0 heterocycles. The van der Waals surface area contributed by atoms with Crippen LogP contribution in [-0.4, -0.2) is 17.3 Å². The zero-order valence-corrected chi connectivity index (χ0v) is 11.8. The van der Waals surface area contributed by atoms with Gasteiger partial charge in [-0.05, 0) is 18.9 Å². The van der Waals surface area contributed by atoms with E-state index < -0.39 is 11.6 Å². The summed E-state index contributed by atoms with van der Waals surface area (Å²) in [7, 11) is 0. The summed E-state index contributed by atoms with van der Waals surface area (Å²) in [5.74, 6) is -2.16. The smallest absolute Gasteiger partial charge is 0.224 e. The molecule has 0 aliphatic carbocycles. The lowest BCUT2D eigenvalue weighted by molar-refractivity contribution is -0.120. The Morgan fingerprint density at radius 2 is 2.17 bits per heavy atom. The first-order valence-electron chi connectivity index (χ1n) is 5.84. The molecule has 0 aliphatic rings. The molecule has 0 bridgehead atoms. The monoisotopic (exact) mass is 319 g/mol. The number of alkyl halides is 1. The van der Waals surface area contributed by atoms with E-state index in [0.717, 1.165) is 18.9 Å². The molecule has 1 atom stereocenters. The molecular formula is C13H16BrF2NO. The topological polar surface area (TPSA) is 29.1 Å². The van der Waals surface area contributed by atoms with Crippen molar-refractivity contribution in [2.24, 2.45) is 0 Å². The van der Waals surface area contributed by atoms with Crippen LogP contribution < -0.4 is 5.32 Å².